The summed E-state index contributed by atoms with van der Waals surface area (Å²) in [7, 11) is -4.16. The van der Waals surface area contributed by atoms with E-state index in [0.717, 1.165) is 0 Å². The molecule has 0 aromatic carbocycles. The maximum absolute atomic E-state index is 8.05. The summed E-state index contributed by atoms with van der Waals surface area (Å²) in [4.78, 5) is 24.1. The lowest BCUT2D eigenvalue weighted by molar-refractivity contribution is 0.0687. The third kappa shape index (κ3) is 24.9. The van der Waals surface area contributed by atoms with Crippen molar-refractivity contribution in [1.82, 2.24) is 0 Å². The molecule has 0 rings (SSSR count). The fourth-order valence-corrected chi connectivity index (χ4v) is 1.43. The molecule has 0 spiro atoms. The summed E-state index contributed by atoms with van der Waals surface area (Å²) in [6.45, 7) is 6.19. The van der Waals surface area contributed by atoms with E-state index in [9.17, 15) is 0 Å². The Kier molecular flexibility index (Phi) is 14.1. The van der Waals surface area contributed by atoms with Crippen LogP contribution in [0.15, 0.2) is 0 Å². The summed E-state index contributed by atoms with van der Waals surface area (Å²) >= 11 is 0. The molecule has 0 aromatic rings. The Bertz CT molecular complexity index is 108. The maximum atomic E-state index is 8.05. The minimum Gasteiger partial charge on any atom is -0.368 e. The van der Waals surface area contributed by atoms with Gasteiger partial charge < -0.3 is 18.8 Å². The summed E-state index contributed by atoms with van der Waals surface area (Å²) in [6, 6.07) is 0. The molecule has 0 aliphatic rings. The molecular formula is C10H26O4Si. The molecule has 0 unspecified atom stereocenters. The van der Waals surface area contributed by atoms with Crippen molar-refractivity contribution in [2.75, 3.05) is 6.61 Å². The lowest BCUT2D eigenvalue weighted by Gasteiger charge is -2.05. The quantitative estimate of drug-likeness (QED) is 0.467. The van der Waals surface area contributed by atoms with Gasteiger partial charge in [-0.2, -0.15) is 0 Å². The zero-order valence-corrected chi connectivity index (χ0v) is 11.2. The molecular weight excluding hydrogens is 212 g/mol. The molecule has 0 amide bonds. The average Bonchev–Trinajstić information content (AvgIpc) is 2.12. The van der Waals surface area contributed by atoms with Gasteiger partial charge in [0.15, 0.2) is 0 Å². The highest BCUT2D eigenvalue weighted by molar-refractivity contribution is 6.48. The second-order valence-electron chi connectivity index (χ2n) is 3.42. The van der Waals surface area contributed by atoms with Crippen LogP contribution in [0.2, 0.25) is 0 Å². The van der Waals surface area contributed by atoms with Crippen molar-refractivity contribution >= 4 is 9.05 Å². The molecule has 94 valence electrons. The van der Waals surface area contributed by atoms with Crippen LogP contribution in [-0.2, 0) is 4.43 Å². The van der Waals surface area contributed by atoms with Crippen molar-refractivity contribution in [2.24, 2.45) is 0 Å². The van der Waals surface area contributed by atoms with E-state index in [1.807, 2.05) is 0 Å². The third-order valence-corrected chi connectivity index (χ3v) is 2.47. The standard InChI is InChI=1S/C8H18.C2H8O4Si/c1-3-5-7-8-6-4-2;1-2-6-7(3,4)5/h3-8H2,1-2H3;3-5H,2H2,1H3. The zero-order chi connectivity index (χ0) is 12.2. The van der Waals surface area contributed by atoms with Crippen LogP contribution in [0.25, 0.3) is 0 Å². The van der Waals surface area contributed by atoms with E-state index in [2.05, 4.69) is 18.3 Å². The van der Waals surface area contributed by atoms with E-state index in [1.54, 1.807) is 6.92 Å². The molecule has 0 fully saturated rings. The molecule has 4 nitrogen and oxygen atoms in total. The minimum atomic E-state index is -4.16. The number of rotatable bonds is 7. The fourth-order valence-electron chi connectivity index (χ4n) is 1.05. The first kappa shape index (κ1) is 17.5. The van der Waals surface area contributed by atoms with Crippen LogP contribution < -0.4 is 0 Å². The molecule has 15 heavy (non-hydrogen) atoms. The van der Waals surface area contributed by atoms with E-state index in [-0.39, 0.29) is 6.61 Å². The van der Waals surface area contributed by atoms with Gasteiger partial charge in [-0.05, 0) is 6.92 Å². The molecule has 0 bridgehead atoms. The highest BCUT2D eigenvalue weighted by Crippen LogP contribution is 2.03. The monoisotopic (exact) mass is 238 g/mol. The van der Waals surface area contributed by atoms with Gasteiger partial charge >= 0.3 is 9.05 Å². The summed E-state index contributed by atoms with van der Waals surface area (Å²) in [5.41, 5.74) is 0. The lowest BCUT2D eigenvalue weighted by atomic mass is 10.1. The van der Waals surface area contributed by atoms with E-state index in [0.29, 0.717) is 0 Å². The lowest BCUT2D eigenvalue weighted by Crippen LogP contribution is -2.38. The predicted molar refractivity (Wildman–Crippen MR) is 63.1 cm³/mol. The fraction of sp³-hybridized carbons (Fsp3) is 1.00. The number of hydrogen-bond acceptors (Lipinski definition) is 4. The van der Waals surface area contributed by atoms with Crippen LogP contribution in [-0.4, -0.2) is 30.0 Å². The topological polar surface area (TPSA) is 69.9 Å². The molecule has 0 atom stereocenters. The largest absolute Gasteiger partial charge is 0.671 e. The van der Waals surface area contributed by atoms with Crippen LogP contribution in [0.3, 0.4) is 0 Å². The molecule has 0 aliphatic heterocycles. The second-order valence-corrected chi connectivity index (χ2v) is 4.86. The van der Waals surface area contributed by atoms with Crippen molar-refractivity contribution in [3.63, 3.8) is 0 Å². The molecule has 0 saturated carbocycles. The van der Waals surface area contributed by atoms with Crippen molar-refractivity contribution in [3.05, 3.63) is 0 Å². The Labute approximate surface area is 94.4 Å². The molecule has 0 aromatic heterocycles. The van der Waals surface area contributed by atoms with Gasteiger partial charge in [-0.3, -0.25) is 0 Å². The Morgan fingerprint density at radius 3 is 1.33 bits per heavy atom. The summed E-state index contributed by atoms with van der Waals surface area (Å²) < 4.78 is 4.03. The SMILES string of the molecule is CCCCCCCC.CCO[Si](O)(O)O. The highest BCUT2D eigenvalue weighted by atomic mass is 28.4. The molecule has 0 radical (unpaired) electrons. The minimum absolute atomic E-state index is 0.121. The molecule has 3 N–H and O–H groups in total. The van der Waals surface area contributed by atoms with Crippen molar-refractivity contribution in [3.8, 4) is 0 Å². The molecule has 0 aliphatic carbocycles. The summed E-state index contributed by atoms with van der Waals surface area (Å²) in [6.07, 6.45) is 8.49. The van der Waals surface area contributed by atoms with Crippen molar-refractivity contribution in [2.45, 2.75) is 59.3 Å². The average molecular weight is 238 g/mol. The molecule has 0 saturated heterocycles. The third-order valence-electron chi connectivity index (χ3n) is 1.80. The van der Waals surface area contributed by atoms with E-state index in [4.69, 9.17) is 14.4 Å². The predicted octanol–water partition coefficient (Wildman–Crippen LogP) is 1.80. The van der Waals surface area contributed by atoms with Gasteiger partial charge in [0.2, 0.25) is 0 Å². The van der Waals surface area contributed by atoms with Crippen molar-refractivity contribution in [1.29, 1.82) is 0 Å². The van der Waals surface area contributed by atoms with Gasteiger partial charge in [-0.15, -0.1) is 0 Å². The van der Waals surface area contributed by atoms with Gasteiger partial charge in [0.1, 0.15) is 0 Å². The first-order chi connectivity index (χ1) is 6.97. The van der Waals surface area contributed by atoms with Crippen LogP contribution in [0, 0.1) is 0 Å². The Hall–Kier alpha value is 0.0569. The summed E-state index contributed by atoms with van der Waals surface area (Å²) in [5, 5.41) is 0. The van der Waals surface area contributed by atoms with Gasteiger partial charge in [0.05, 0.1) is 0 Å². The molecule has 0 heterocycles. The van der Waals surface area contributed by atoms with Crippen LogP contribution >= 0.6 is 0 Å². The highest BCUT2D eigenvalue weighted by Gasteiger charge is 2.28. The van der Waals surface area contributed by atoms with E-state index in [1.165, 1.54) is 38.5 Å². The Balaban J connectivity index is 0. The first-order valence-electron chi connectivity index (χ1n) is 5.78. The molecule has 5 heteroatoms. The zero-order valence-electron chi connectivity index (χ0n) is 10.2. The smallest absolute Gasteiger partial charge is 0.368 e. The second kappa shape index (κ2) is 12.1. The Morgan fingerprint density at radius 1 is 0.800 bits per heavy atom. The van der Waals surface area contributed by atoms with E-state index < -0.39 is 9.05 Å². The van der Waals surface area contributed by atoms with Crippen LogP contribution in [0.1, 0.15) is 59.3 Å². The summed E-state index contributed by atoms with van der Waals surface area (Å²) in [5.74, 6) is 0. The van der Waals surface area contributed by atoms with Gasteiger partial charge in [-0.1, -0.05) is 52.4 Å². The first-order valence-corrected chi connectivity index (χ1v) is 7.53. The number of hydrogen-bond donors (Lipinski definition) is 3. The van der Waals surface area contributed by atoms with Crippen LogP contribution in [0.4, 0.5) is 0 Å². The van der Waals surface area contributed by atoms with Crippen molar-refractivity contribution < 1.29 is 18.8 Å². The number of unbranched alkanes of at least 4 members (excludes halogenated alkanes) is 5. The van der Waals surface area contributed by atoms with Gasteiger partial charge in [-0.25, -0.2) is 0 Å². The van der Waals surface area contributed by atoms with Crippen LogP contribution in [0.5, 0.6) is 0 Å². The van der Waals surface area contributed by atoms with E-state index >= 15 is 0 Å². The normalized spacial score (nSPS) is 10.8. The van der Waals surface area contributed by atoms with Gasteiger partial charge in [0, 0.05) is 6.61 Å². The maximum Gasteiger partial charge on any atom is 0.671 e. The van der Waals surface area contributed by atoms with Gasteiger partial charge in [0.25, 0.3) is 0 Å². The Morgan fingerprint density at radius 2 is 1.20 bits per heavy atom.